The van der Waals surface area contributed by atoms with Crippen molar-refractivity contribution < 1.29 is 17.9 Å². The molecular formula is C22H26Cl2N2O4S. The van der Waals surface area contributed by atoms with Crippen LogP contribution in [0.15, 0.2) is 42.5 Å². The number of amides is 1. The highest BCUT2D eigenvalue weighted by Crippen LogP contribution is 2.26. The Morgan fingerprint density at radius 1 is 1.16 bits per heavy atom. The number of likely N-dealkylation sites (tertiary alicyclic amines) is 1. The number of hydrogen-bond acceptors (Lipinski definition) is 4. The molecule has 0 unspecified atom stereocenters. The highest BCUT2D eigenvalue weighted by atomic mass is 35.5. The number of hydrogen-bond donors (Lipinski definition) is 1. The van der Waals surface area contributed by atoms with Gasteiger partial charge in [-0.05, 0) is 43.5 Å². The second-order valence-corrected chi connectivity index (χ2v) is 10.2. The Kier molecular flexibility index (Phi) is 8.22. The van der Waals surface area contributed by atoms with E-state index in [1.807, 2.05) is 13.0 Å². The van der Waals surface area contributed by atoms with Gasteiger partial charge in [0.05, 0.1) is 11.3 Å². The zero-order chi connectivity index (χ0) is 22.4. The maximum Gasteiger partial charge on any atom is 0.257 e. The van der Waals surface area contributed by atoms with Crippen molar-refractivity contribution in [2.24, 2.45) is 0 Å². The molecule has 2 aromatic carbocycles. The Labute approximate surface area is 193 Å². The Hall–Kier alpha value is -1.80. The molecule has 1 amide bonds. The molecule has 1 saturated heterocycles. The van der Waals surface area contributed by atoms with Crippen LogP contribution in [0, 0.1) is 0 Å². The average Bonchev–Trinajstić information content (AvgIpc) is 2.73. The average molecular weight is 485 g/mol. The maximum absolute atomic E-state index is 13.1. The van der Waals surface area contributed by atoms with E-state index in [-0.39, 0.29) is 24.3 Å². The molecule has 1 fully saturated rings. The van der Waals surface area contributed by atoms with Crippen molar-refractivity contribution in [3.05, 3.63) is 63.6 Å². The van der Waals surface area contributed by atoms with Crippen LogP contribution in [-0.4, -0.2) is 44.1 Å². The number of piperidine rings is 1. The monoisotopic (exact) mass is 484 g/mol. The molecular weight excluding hydrogens is 459 g/mol. The maximum atomic E-state index is 13.1. The summed E-state index contributed by atoms with van der Waals surface area (Å²) in [7, 11) is -3.26. The van der Waals surface area contributed by atoms with Crippen molar-refractivity contribution in [1.82, 2.24) is 9.62 Å². The Morgan fingerprint density at radius 3 is 2.55 bits per heavy atom. The number of rotatable bonds is 8. The lowest BCUT2D eigenvalue weighted by atomic mass is 10.0. The first-order valence-electron chi connectivity index (χ1n) is 10.2. The summed E-state index contributed by atoms with van der Waals surface area (Å²) in [6, 6.07) is 12.1. The number of halogens is 2. The Balaban J connectivity index is 1.62. The van der Waals surface area contributed by atoms with Crippen LogP contribution in [0.5, 0.6) is 5.75 Å². The number of carbonyl (C=O) groups is 1. The van der Waals surface area contributed by atoms with Crippen LogP contribution in [0.4, 0.5) is 0 Å². The van der Waals surface area contributed by atoms with Crippen molar-refractivity contribution in [3.63, 3.8) is 0 Å². The molecule has 6 nitrogen and oxygen atoms in total. The molecule has 9 heteroatoms. The highest BCUT2D eigenvalue weighted by molar-refractivity contribution is 7.89. The van der Waals surface area contributed by atoms with Crippen molar-refractivity contribution in [2.75, 3.05) is 18.8 Å². The summed E-state index contributed by atoms with van der Waals surface area (Å²) >= 11 is 12.1. The van der Waals surface area contributed by atoms with E-state index in [1.54, 1.807) is 41.3 Å². The molecule has 1 aliphatic rings. The van der Waals surface area contributed by atoms with Gasteiger partial charge >= 0.3 is 0 Å². The third-order valence-electron chi connectivity index (χ3n) is 5.12. The van der Waals surface area contributed by atoms with E-state index in [9.17, 15) is 13.2 Å². The van der Waals surface area contributed by atoms with Crippen LogP contribution in [0.1, 0.15) is 42.1 Å². The number of para-hydroxylation sites is 1. The molecule has 168 valence electrons. The number of carbonyl (C=O) groups excluding carboxylic acids is 1. The van der Waals surface area contributed by atoms with E-state index in [1.165, 1.54) is 0 Å². The summed E-state index contributed by atoms with van der Waals surface area (Å²) in [5.41, 5.74) is 1.24. The van der Waals surface area contributed by atoms with E-state index < -0.39 is 10.0 Å². The zero-order valence-corrected chi connectivity index (χ0v) is 19.6. The van der Waals surface area contributed by atoms with Crippen LogP contribution < -0.4 is 9.46 Å². The fourth-order valence-corrected chi connectivity index (χ4v) is 5.38. The minimum absolute atomic E-state index is 0.120. The van der Waals surface area contributed by atoms with Crippen molar-refractivity contribution >= 4 is 39.1 Å². The molecule has 2 aromatic rings. The van der Waals surface area contributed by atoms with Crippen LogP contribution in [0.25, 0.3) is 0 Å². The number of ether oxygens (including phenoxy) is 1. The van der Waals surface area contributed by atoms with E-state index in [0.29, 0.717) is 53.7 Å². The summed E-state index contributed by atoms with van der Waals surface area (Å²) in [5, 5.41) is 1.05. The summed E-state index contributed by atoms with van der Waals surface area (Å²) < 4.78 is 32.6. The Morgan fingerprint density at radius 2 is 1.87 bits per heavy atom. The van der Waals surface area contributed by atoms with Gasteiger partial charge in [-0.3, -0.25) is 4.79 Å². The largest absolute Gasteiger partial charge is 0.488 e. The van der Waals surface area contributed by atoms with Gasteiger partial charge in [0.15, 0.2) is 0 Å². The molecule has 0 saturated carbocycles. The minimum Gasteiger partial charge on any atom is -0.488 e. The first-order chi connectivity index (χ1) is 14.8. The number of benzene rings is 2. The summed E-state index contributed by atoms with van der Waals surface area (Å²) in [6.07, 6.45) is 1.74. The molecule has 0 atom stereocenters. The molecule has 0 bridgehead atoms. The van der Waals surface area contributed by atoms with E-state index >= 15 is 0 Å². The van der Waals surface area contributed by atoms with Gasteiger partial charge < -0.3 is 9.64 Å². The molecule has 31 heavy (non-hydrogen) atoms. The smallest absolute Gasteiger partial charge is 0.257 e. The third-order valence-corrected chi connectivity index (χ3v) is 7.34. The van der Waals surface area contributed by atoms with Gasteiger partial charge in [0, 0.05) is 34.7 Å². The van der Waals surface area contributed by atoms with Crippen molar-refractivity contribution in [2.45, 2.75) is 38.8 Å². The molecule has 1 N–H and O–H groups in total. The van der Waals surface area contributed by atoms with Gasteiger partial charge in [-0.2, -0.15) is 0 Å². The quantitative estimate of drug-likeness (QED) is 0.597. The molecule has 1 aliphatic heterocycles. The lowest BCUT2D eigenvalue weighted by molar-refractivity contribution is 0.0706. The van der Waals surface area contributed by atoms with Crippen molar-refractivity contribution in [3.8, 4) is 5.75 Å². The second-order valence-electron chi connectivity index (χ2n) is 7.52. The lowest BCUT2D eigenvalue weighted by Gasteiger charge is -2.32. The summed E-state index contributed by atoms with van der Waals surface area (Å²) in [4.78, 5) is 14.8. The normalized spacial score (nSPS) is 15.1. The van der Waals surface area contributed by atoms with Gasteiger partial charge in [-0.1, -0.05) is 48.3 Å². The molecule has 0 aromatic heterocycles. The predicted octanol–water partition coefficient (Wildman–Crippen LogP) is 4.51. The number of nitrogens with one attached hydrogen (secondary N) is 1. The fraction of sp³-hybridized carbons (Fsp3) is 0.409. The van der Waals surface area contributed by atoms with Gasteiger partial charge in [-0.15, -0.1) is 0 Å². The minimum atomic E-state index is -3.26. The lowest BCUT2D eigenvalue weighted by Crippen LogP contribution is -2.47. The van der Waals surface area contributed by atoms with Gasteiger partial charge in [-0.25, -0.2) is 13.1 Å². The SMILES string of the molecule is CCCS(=O)(=O)NC1CCN(C(=O)c2ccccc2OCc2ccc(Cl)cc2Cl)CC1. The first kappa shape index (κ1) is 23.9. The van der Waals surface area contributed by atoms with E-state index in [2.05, 4.69) is 4.72 Å². The molecule has 0 aliphatic carbocycles. The van der Waals surface area contributed by atoms with Crippen LogP contribution in [0.3, 0.4) is 0 Å². The molecule has 0 spiro atoms. The topological polar surface area (TPSA) is 75.7 Å². The van der Waals surface area contributed by atoms with Gasteiger partial charge in [0.1, 0.15) is 12.4 Å². The summed E-state index contributed by atoms with van der Waals surface area (Å²) in [5.74, 6) is 0.464. The zero-order valence-electron chi connectivity index (χ0n) is 17.3. The van der Waals surface area contributed by atoms with E-state index in [0.717, 1.165) is 5.56 Å². The Bertz CT molecular complexity index is 1020. The van der Waals surface area contributed by atoms with Crippen LogP contribution in [-0.2, 0) is 16.6 Å². The van der Waals surface area contributed by atoms with Gasteiger partial charge in [0.2, 0.25) is 10.0 Å². The fourth-order valence-electron chi connectivity index (χ4n) is 3.52. The number of nitrogens with zero attached hydrogens (tertiary/aromatic N) is 1. The van der Waals surface area contributed by atoms with Gasteiger partial charge in [0.25, 0.3) is 5.91 Å². The second kappa shape index (κ2) is 10.7. The first-order valence-corrected chi connectivity index (χ1v) is 12.6. The van der Waals surface area contributed by atoms with E-state index in [4.69, 9.17) is 27.9 Å². The predicted molar refractivity (Wildman–Crippen MR) is 123 cm³/mol. The molecule has 0 radical (unpaired) electrons. The number of sulfonamides is 1. The summed E-state index contributed by atoms with van der Waals surface area (Å²) in [6.45, 7) is 3.01. The molecule has 3 rings (SSSR count). The van der Waals surface area contributed by atoms with Crippen LogP contribution >= 0.6 is 23.2 Å². The van der Waals surface area contributed by atoms with Crippen LogP contribution in [0.2, 0.25) is 10.0 Å². The third kappa shape index (κ3) is 6.59. The standard InChI is InChI=1S/C22H26Cl2N2O4S/c1-2-13-31(28,29)25-18-9-11-26(12-10-18)22(27)19-5-3-4-6-21(19)30-15-16-7-8-17(23)14-20(16)24/h3-8,14,18,25H,2,9-13,15H2,1H3. The van der Waals surface area contributed by atoms with Crippen molar-refractivity contribution in [1.29, 1.82) is 0 Å². The molecule has 1 heterocycles. The highest BCUT2D eigenvalue weighted by Gasteiger charge is 2.27.